The van der Waals surface area contributed by atoms with Crippen LogP contribution < -0.4 is 5.73 Å². The molecule has 2 aromatic rings. The third-order valence-corrected chi connectivity index (χ3v) is 5.27. The van der Waals surface area contributed by atoms with Gasteiger partial charge >= 0.3 is 5.97 Å². The van der Waals surface area contributed by atoms with Gasteiger partial charge in [-0.3, -0.25) is 4.79 Å². The molecule has 3 rings (SSSR count). The molecule has 0 aliphatic carbocycles. The van der Waals surface area contributed by atoms with Gasteiger partial charge in [-0.1, -0.05) is 54.6 Å². The van der Waals surface area contributed by atoms with Gasteiger partial charge in [-0.15, -0.1) is 0 Å². The molecule has 1 unspecified atom stereocenters. The quantitative estimate of drug-likeness (QED) is 0.795. The molecule has 2 atom stereocenters. The van der Waals surface area contributed by atoms with E-state index in [1.807, 2.05) is 18.2 Å². The zero-order valence-electron chi connectivity index (χ0n) is 15.0. The van der Waals surface area contributed by atoms with Crippen LogP contribution in [0, 0.1) is 11.8 Å². The highest BCUT2D eigenvalue weighted by molar-refractivity contribution is 5.70. The van der Waals surface area contributed by atoms with Gasteiger partial charge in [-0.05, 0) is 48.3 Å². The summed E-state index contributed by atoms with van der Waals surface area (Å²) in [4.78, 5) is 11.7. The first-order valence-corrected chi connectivity index (χ1v) is 9.34. The molecule has 1 saturated heterocycles. The van der Waals surface area contributed by atoms with E-state index in [1.54, 1.807) is 0 Å². The van der Waals surface area contributed by atoms with Gasteiger partial charge in [0.15, 0.2) is 0 Å². The van der Waals surface area contributed by atoms with Gasteiger partial charge in [-0.25, -0.2) is 0 Å². The predicted molar refractivity (Wildman–Crippen MR) is 103 cm³/mol. The normalized spacial score (nSPS) is 17.6. The van der Waals surface area contributed by atoms with Crippen molar-refractivity contribution in [2.75, 3.05) is 13.2 Å². The number of benzene rings is 2. The Kier molecular flexibility index (Phi) is 6.42. The van der Waals surface area contributed by atoms with Crippen LogP contribution in [0.5, 0.6) is 0 Å². The summed E-state index contributed by atoms with van der Waals surface area (Å²) in [6.45, 7) is 1.31. The Morgan fingerprint density at radius 3 is 2.27 bits per heavy atom. The molecule has 4 nitrogen and oxygen atoms in total. The van der Waals surface area contributed by atoms with Crippen LogP contribution in [-0.2, 0) is 16.0 Å². The van der Waals surface area contributed by atoms with Crippen molar-refractivity contribution in [3.05, 3.63) is 60.2 Å². The van der Waals surface area contributed by atoms with Crippen molar-refractivity contribution in [3.8, 4) is 11.1 Å². The molecule has 0 radical (unpaired) electrons. The first-order chi connectivity index (χ1) is 12.6. The van der Waals surface area contributed by atoms with Gasteiger partial charge in [0.2, 0.25) is 0 Å². The van der Waals surface area contributed by atoms with Crippen molar-refractivity contribution >= 4 is 5.97 Å². The second kappa shape index (κ2) is 8.97. The van der Waals surface area contributed by atoms with E-state index in [4.69, 9.17) is 10.5 Å². The lowest BCUT2D eigenvalue weighted by Gasteiger charge is -2.29. The lowest BCUT2D eigenvalue weighted by molar-refractivity contribution is -0.145. The molecule has 1 aliphatic heterocycles. The summed E-state index contributed by atoms with van der Waals surface area (Å²) in [6, 6.07) is 18.5. The smallest absolute Gasteiger partial charge is 0.306 e. The maximum Gasteiger partial charge on any atom is 0.306 e. The molecule has 1 heterocycles. The number of hydrogen-bond donors (Lipinski definition) is 2. The Hall–Kier alpha value is -2.17. The number of carbonyl (C=O) groups is 1. The molecular formula is C22H27NO3. The van der Waals surface area contributed by atoms with Gasteiger partial charge in [0.05, 0.1) is 5.92 Å². The lowest BCUT2D eigenvalue weighted by Crippen LogP contribution is -2.35. The number of carboxylic acid groups (broad SMARTS) is 1. The molecule has 1 fully saturated rings. The number of nitrogens with two attached hydrogens (primary N) is 1. The molecule has 0 aromatic heterocycles. The van der Waals surface area contributed by atoms with Crippen molar-refractivity contribution < 1.29 is 14.6 Å². The summed E-state index contributed by atoms with van der Waals surface area (Å²) in [5.41, 5.74) is 9.82. The van der Waals surface area contributed by atoms with Crippen LogP contribution in [0.1, 0.15) is 24.8 Å². The zero-order valence-corrected chi connectivity index (χ0v) is 15.0. The topological polar surface area (TPSA) is 72.6 Å². The molecule has 3 N–H and O–H groups in total. The second-order valence-electron chi connectivity index (χ2n) is 7.16. The highest BCUT2D eigenvalue weighted by atomic mass is 16.5. The van der Waals surface area contributed by atoms with Crippen molar-refractivity contribution in [1.82, 2.24) is 0 Å². The molecule has 26 heavy (non-hydrogen) atoms. The Bertz CT molecular complexity index is 693. The predicted octanol–water partition coefficient (Wildman–Crippen LogP) is 3.74. The third kappa shape index (κ3) is 4.93. The SMILES string of the molecule is N[C@H](Cc1ccc(-c2ccccc2)cc1)CC(C(=O)O)C1CCOCC1. The van der Waals surface area contributed by atoms with Gasteiger partial charge in [0.1, 0.15) is 0 Å². The molecule has 0 spiro atoms. The fourth-order valence-corrected chi connectivity index (χ4v) is 3.79. The fraction of sp³-hybridized carbons (Fsp3) is 0.409. The van der Waals surface area contributed by atoms with Crippen LogP contribution >= 0.6 is 0 Å². The van der Waals surface area contributed by atoms with Crippen molar-refractivity contribution in [2.45, 2.75) is 31.7 Å². The zero-order chi connectivity index (χ0) is 18.4. The maximum absolute atomic E-state index is 11.7. The van der Waals surface area contributed by atoms with E-state index >= 15 is 0 Å². The average molecular weight is 353 g/mol. The van der Waals surface area contributed by atoms with Crippen LogP contribution in [0.25, 0.3) is 11.1 Å². The fourth-order valence-electron chi connectivity index (χ4n) is 3.79. The van der Waals surface area contributed by atoms with Crippen LogP contribution in [0.2, 0.25) is 0 Å². The third-order valence-electron chi connectivity index (χ3n) is 5.27. The van der Waals surface area contributed by atoms with Crippen molar-refractivity contribution in [2.24, 2.45) is 17.6 Å². The molecule has 4 heteroatoms. The van der Waals surface area contributed by atoms with Crippen LogP contribution in [-0.4, -0.2) is 30.3 Å². The monoisotopic (exact) mass is 353 g/mol. The van der Waals surface area contributed by atoms with Gasteiger partial charge < -0.3 is 15.6 Å². The summed E-state index contributed by atoms with van der Waals surface area (Å²) in [7, 11) is 0. The van der Waals surface area contributed by atoms with Gasteiger partial charge in [0.25, 0.3) is 0 Å². The van der Waals surface area contributed by atoms with E-state index in [9.17, 15) is 9.90 Å². The number of hydrogen-bond acceptors (Lipinski definition) is 3. The number of carboxylic acids is 1. The Balaban J connectivity index is 1.59. The van der Waals surface area contributed by atoms with Gasteiger partial charge in [0, 0.05) is 19.3 Å². The Labute approximate surface area is 155 Å². The summed E-state index contributed by atoms with van der Waals surface area (Å²) < 4.78 is 5.35. The molecule has 1 aliphatic rings. The largest absolute Gasteiger partial charge is 0.481 e. The van der Waals surface area contributed by atoms with E-state index in [0.717, 1.165) is 18.4 Å². The minimum atomic E-state index is -0.730. The highest BCUT2D eigenvalue weighted by Crippen LogP contribution is 2.28. The molecular weight excluding hydrogens is 326 g/mol. The molecule has 0 saturated carbocycles. The lowest BCUT2D eigenvalue weighted by atomic mass is 9.81. The first-order valence-electron chi connectivity index (χ1n) is 9.34. The van der Waals surface area contributed by atoms with Crippen molar-refractivity contribution in [3.63, 3.8) is 0 Å². The summed E-state index contributed by atoms with van der Waals surface area (Å²) >= 11 is 0. The number of aliphatic carboxylic acids is 1. The second-order valence-corrected chi connectivity index (χ2v) is 7.16. The van der Waals surface area contributed by atoms with E-state index in [1.165, 1.54) is 11.1 Å². The van der Waals surface area contributed by atoms with E-state index in [0.29, 0.717) is 26.1 Å². The minimum Gasteiger partial charge on any atom is -0.481 e. The first kappa shape index (κ1) is 18.6. The summed E-state index contributed by atoms with van der Waals surface area (Å²) in [6.07, 6.45) is 2.84. The van der Waals surface area contributed by atoms with E-state index in [2.05, 4.69) is 36.4 Å². The molecule has 0 amide bonds. The molecule has 0 bridgehead atoms. The average Bonchev–Trinajstić information content (AvgIpc) is 2.68. The van der Waals surface area contributed by atoms with E-state index in [-0.39, 0.29) is 17.9 Å². The summed E-state index contributed by atoms with van der Waals surface area (Å²) in [5, 5.41) is 9.61. The van der Waals surface area contributed by atoms with Gasteiger partial charge in [-0.2, -0.15) is 0 Å². The van der Waals surface area contributed by atoms with Crippen LogP contribution in [0.3, 0.4) is 0 Å². The summed E-state index contributed by atoms with van der Waals surface area (Å²) in [5.74, 6) is -0.933. The highest BCUT2D eigenvalue weighted by Gasteiger charge is 2.31. The Morgan fingerprint density at radius 2 is 1.65 bits per heavy atom. The van der Waals surface area contributed by atoms with Crippen molar-refractivity contribution in [1.29, 1.82) is 0 Å². The molecule has 2 aromatic carbocycles. The van der Waals surface area contributed by atoms with E-state index < -0.39 is 5.97 Å². The maximum atomic E-state index is 11.7. The standard InChI is InChI=1S/C22H27NO3/c23-20(15-21(22(24)25)19-10-12-26-13-11-19)14-16-6-8-18(9-7-16)17-4-2-1-3-5-17/h1-9,19-21H,10-15,23H2,(H,24,25)/t20-,21?/m1/s1. The molecule has 138 valence electrons. The minimum absolute atomic E-state index is 0.151. The van der Waals surface area contributed by atoms with Crippen LogP contribution in [0.15, 0.2) is 54.6 Å². The number of ether oxygens (including phenoxy) is 1. The number of rotatable bonds is 7. The van der Waals surface area contributed by atoms with Crippen LogP contribution in [0.4, 0.5) is 0 Å². The Morgan fingerprint density at radius 1 is 1.04 bits per heavy atom.